The lowest BCUT2D eigenvalue weighted by atomic mass is 9.79. The number of nitrogens with two attached hydrogens (primary N) is 1. The Bertz CT molecular complexity index is 979. The molecule has 1 saturated heterocycles. The molecule has 1 unspecified atom stereocenters. The van der Waals surface area contributed by atoms with Crippen molar-refractivity contribution in [2.75, 3.05) is 18.0 Å². The number of nitrogens with one attached hydrogen (secondary N) is 1. The Labute approximate surface area is 185 Å². The molecule has 0 aromatic heterocycles. The molecular weight excluding hydrogens is 464 g/mol. The lowest BCUT2D eigenvalue weighted by Crippen LogP contribution is -2.44. The van der Waals surface area contributed by atoms with Gasteiger partial charge < -0.3 is 10.6 Å². The highest BCUT2D eigenvalue weighted by molar-refractivity contribution is 6.34. The normalized spacial score (nSPS) is 19.5. The van der Waals surface area contributed by atoms with E-state index in [0.29, 0.717) is 11.3 Å². The van der Waals surface area contributed by atoms with Crippen molar-refractivity contribution in [3.63, 3.8) is 0 Å². The third-order valence-corrected chi connectivity index (χ3v) is 5.72. The molecule has 30 heavy (non-hydrogen) atoms. The van der Waals surface area contributed by atoms with E-state index >= 15 is 0 Å². The van der Waals surface area contributed by atoms with Crippen LogP contribution in [-0.2, 0) is 5.41 Å². The van der Waals surface area contributed by atoms with Crippen LogP contribution in [0, 0.1) is 0 Å². The monoisotopic (exact) mass is 478 g/mol. The summed E-state index contributed by atoms with van der Waals surface area (Å²) >= 11 is 18.2. The molecule has 2 aromatic carbocycles. The average Bonchev–Trinajstić information content (AvgIpc) is 3.09. The number of hydrogen-bond acceptors (Lipinski definition) is 3. The highest BCUT2D eigenvalue weighted by atomic mass is 35.5. The number of rotatable bonds is 4. The SMILES string of the molecule is NC(=O)N/N=C/c1ccc(N2CCC(c3cc(Cl)cc(Cl)c3)(C(F)(F)F)C2)cc1Cl. The molecule has 3 N–H and O–H groups in total. The van der Waals surface area contributed by atoms with Crippen molar-refractivity contribution in [3.05, 3.63) is 62.6 Å². The molecule has 3 rings (SSSR count). The van der Waals surface area contributed by atoms with Gasteiger partial charge in [0.2, 0.25) is 0 Å². The van der Waals surface area contributed by atoms with Gasteiger partial charge in [-0.1, -0.05) is 34.8 Å². The Morgan fingerprint density at radius 2 is 1.83 bits per heavy atom. The van der Waals surface area contributed by atoms with Gasteiger partial charge in [0.05, 0.1) is 11.2 Å². The summed E-state index contributed by atoms with van der Waals surface area (Å²) in [4.78, 5) is 12.3. The van der Waals surface area contributed by atoms with Gasteiger partial charge in [0.25, 0.3) is 0 Å². The van der Waals surface area contributed by atoms with Gasteiger partial charge in [-0.25, -0.2) is 10.2 Å². The van der Waals surface area contributed by atoms with E-state index in [2.05, 4.69) is 5.10 Å². The Morgan fingerprint density at radius 3 is 2.40 bits per heavy atom. The van der Waals surface area contributed by atoms with Crippen molar-refractivity contribution >= 4 is 52.7 Å². The van der Waals surface area contributed by atoms with Crippen LogP contribution in [0.5, 0.6) is 0 Å². The minimum Gasteiger partial charge on any atom is -0.370 e. The third kappa shape index (κ3) is 4.61. The van der Waals surface area contributed by atoms with Crippen LogP contribution in [-0.4, -0.2) is 31.5 Å². The number of nitrogens with zero attached hydrogens (tertiary/aromatic N) is 2. The van der Waals surface area contributed by atoms with Gasteiger partial charge >= 0.3 is 12.2 Å². The zero-order valence-corrected chi connectivity index (χ0v) is 17.6. The number of carbonyl (C=O) groups is 1. The van der Waals surface area contributed by atoms with Crippen molar-refractivity contribution < 1.29 is 18.0 Å². The number of primary amides is 1. The predicted molar refractivity (Wildman–Crippen MR) is 113 cm³/mol. The predicted octanol–water partition coefficient (Wildman–Crippen LogP) is 5.36. The van der Waals surface area contributed by atoms with Gasteiger partial charge in [0.15, 0.2) is 0 Å². The van der Waals surface area contributed by atoms with Gasteiger partial charge in [0, 0.05) is 34.4 Å². The largest absolute Gasteiger partial charge is 0.400 e. The topological polar surface area (TPSA) is 70.7 Å². The van der Waals surface area contributed by atoms with Crippen LogP contribution in [0.25, 0.3) is 0 Å². The Hall–Kier alpha value is -2.16. The van der Waals surface area contributed by atoms with E-state index in [0.717, 1.165) is 0 Å². The Morgan fingerprint density at radius 1 is 1.17 bits per heavy atom. The molecule has 1 heterocycles. The first-order chi connectivity index (χ1) is 14.0. The highest BCUT2D eigenvalue weighted by Gasteiger charge is 2.59. The molecular formula is C19H16Cl3F3N4O. The zero-order valence-electron chi connectivity index (χ0n) is 15.3. The fourth-order valence-electron chi connectivity index (χ4n) is 3.47. The maximum Gasteiger partial charge on any atom is 0.400 e. The van der Waals surface area contributed by atoms with Crippen LogP contribution in [0.1, 0.15) is 17.5 Å². The van der Waals surface area contributed by atoms with E-state index in [-0.39, 0.29) is 40.1 Å². The van der Waals surface area contributed by atoms with Gasteiger partial charge in [-0.15, -0.1) is 0 Å². The summed E-state index contributed by atoms with van der Waals surface area (Å²) in [6.45, 7) is -0.142. The number of anilines is 1. The summed E-state index contributed by atoms with van der Waals surface area (Å²) in [5.74, 6) is 0. The maximum absolute atomic E-state index is 14.2. The first-order valence-electron chi connectivity index (χ1n) is 8.68. The Balaban J connectivity index is 1.90. The number of alkyl halides is 3. The van der Waals surface area contributed by atoms with Crippen LogP contribution in [0.3, 0.4) is 0 Å². The summed E-state index contributed by atoms with van der Waals surface area (Å²) in [5.41, 5.74) is 5.87. The fourth-order valence-corrected chi connectivity index (χ4v) is 4.22. The zero-order chi connectivity index (χ0) is 22.1. The van der Waals surface area contributed by atoms with E-state index in [1.54, 1.807) is 23.1 Å². The van der Waals surface area contributed by atoms with Crippen LogP contribution in [0.2, 0.25) is 15.1 Å². The number of urea groups is 1. The fraction of sp³-hybridized carbons (Fsp3) is 0.263. The first-order valence-corrected chi connectivity index (χ1v) is 9.81. The number of carbonyl (C=O) groups excluding carboxylic acids is 1. The summed E-state index contributed by atoms with van der Waals surface area (Å²) < 4.78 is 42.6. The number of hydrogen-bond donors (Lipinski definition) is 2. The van der Waals surface area contributed by atoms with E-state index in [1.807, 2.05) is 5.43 Å². The molecule has 11 heteroatoms. The molecule has 0 radical (unpaired) electrons. The van der Waals surface area contributed by atoms with Crippen LogP contribution >= 0.6 is 34.8 Å². The van der Waals surface area contributed by atoms with E-state index < -0.39 is 17.6 Å². The molecule has 0 saturated carbocycles. The molecule has 1 atom stereocenters. The molecule has 1 aliphatic rings. The number of halogens is 6. The van der Waals surface area contributed by atoms with E-state index in [1.165, 1.54) is 24.4 Å². The van der Waals surface area contributed by atoms with Crippen LogP contribution in [0.15, 0.2) is 41.5 Å². The van der Waals surface area contributed by atoms with Crippen molar-refractivity contribution in [2.24, 2.45) is 10.8 Å². The molecule has 2 aromatic rings. The van der Waals surface area contributed by atoms with Gasteiger partial charge in [0.1, 0.15) is 5.41 Å². The third-order valence-electron chi connectivity index (χ3n) is 4.95. The summed E-state index contributed by atoms with van der Waals surface area (Å²) in [6, 6.07) is 7.95. The molecule has 0 bridgehead atoms. The highest BCUT2D eigenvalue weighted by Crippen LogP contribution is 2.49. The standard InChI is InChI=1S/C19H16Cl3F3N4O/c20-13-5-12(6-14(21)7-13)18(19(23,24)25)3-4-29(10-18)15-2-1-11(16(22)8-15)9-27-28-17(26)30/h1-2,5-9H,3-4,10H2,(H3,26,28,30)/b27-9+. The number of hydrazone groups is 1. The van der Waals surface area contributed by atoms with Crippen molar-refractivity contribution in [1.82, 2.24) is 5.43 Å². The summed E-state index contributed by atoms with van der Waals surface area (Å²) in [5, 5.41) is 4.18. The van der Waals surface area contributed by atoms with Gasteiger partial charge in [-0.05, 0) is 48.4 Å². The Kier molecular flexibility index (Phi) is 6.40. The van der Waals surface area contributed by atoms with E-state index in [9.17, 15) is 18.0 Å². The maximum atomic E-state index is 14.2. The second-order valence-electron chi connectivity index (χ2n) is 6.85. The molecule has 5 nitrogen and oxygen atoms in total. The second kappa shape index (κ2) is 8.53. The molecule has 1 fully saturated rings. The summed E-state index contributed by atoms with van der Waals surface area (Å²) in [6.07, 6.45) is -3.38. The molecule has 0 spiro atoms. The van der Waals surface area contributed by atoms with Crippen molar-refractivity contribution in [2.45, 2.75) is 18.0 Å². The lowest BCUT2D eigenvalue weighted by Gasteiger charge is -2.33. The minimum absolute atomic E-state index is 0.0300. The first kappa shape index (κ1) is 22.5. The quantitative estimate of drug-likeness (QED) is 0.458. The average molecular weight is 480 g/mol. The lowest BCUT2D eigenvalue weighted by molar-refractivity contribution is -0.184. The molecule has 2 amide bonds. The minimum atomic E-state index is -4.51. The van der Waals surface area contributed by atoms with Crippen molar-refractivity contribution in [1.29, 1.82) is 0 Å². The van der Waals surface area contributed by atoms with Gasteiger partial charge in [-0.3, -0.25) is 0 Å². The smallest absolute Gasteiger partial charge is 0.370 e. The second-order valence-corrected chi connectivity index (χ2v) is 8.13. The summed E-state index contributed by atoms with van der Waals surface area (Å²) in [7, 11) is 0. The number of benzene rings is 2. The molecule has 160 valence electrons. The van der Waals surface area contributed by atoms with Gasteiger partial charge in [-0.2, -0.15) is 18.3 Å². The van der Waals surface area contributed by atoms with Crippen LogP contribution in [0.4, 0.5) is 23.7 Å². The molecule has 0 aliphatic carbocycles. The van der Waals surface area contributed by atoms with Crippen molar-refractivity contribution in [3.8, 4) is 0 Å². The molecule has 1 aliphatic heterocycles. The van der Waals surface area contributed by atoms with Crippen LogP contribution < -0.4 is 16.1 Å². The van der Waals surface area contributed by atoms with E-state index in [4.69, 9.17) is 40.5 Å². The number of amides is 2.